The molecule has 0 aliphatic carbocycles. The van der Waals surface area contributed by atoms with Gasteiger partial charge in [-0.05, 0) is 59.7 Å². The number of alkyl halides is 3. The summed E-state index contributed by atoms with van der Waals surface area (Å²) in [6.07, 6.45) is -4.36. The predicted octanol–water partition coefficient (Wildman–Crippen LogP) is 6.82. The van der Waals surface area contributed by atoms with Crippen molar-refractivity contribution in [2.24, 2.45) is 5.92 Å². The number of carboxylic acid groups (broad SMARTS) is 1. The highest BCUT2D eigenvalue weighted by Crippen LogP contribution is 2.36. The summed E-state index contributed by atoms with van der Waals surface area (Å²) in [6, 6.07) is 18.5. The van der Waals surface area contributed by atoms with Gasteiger partial charge in [-0.2, -0.15) is 13.2 Å². The van der Waals surface area contributed by atoms with E-state index in [0.717, 1.165) is 6.07 Å². The number of amides is 1. The molecule has 1 amide bonds. The second-order valence-corrected chi connectivity index (χ2v) is 9.23. The van der Waals surface area contributed by atoms with Crippen LogP contribution in [0, 0.1) is 5.92 Å². The van der Waals surface area contributed by atoms with E-state index in [1.54, 1.807) is 30.3 Å². The lowest BCUT2D eigenvalue weighted by molar-refractivity contribution is -0.138. The van der Waals surface area contributed by atoms with Crippen molar-refractivity contribution in [1.29, 1.82) is 0 Å². The van der Waals surface area contributed by atoms with E-state index in [4.69, 9.17) is 9.84 Å². The van der Waals surface area contributed by atoms with Gasteiger partial charge in [0.2, 0.25) is 0 Å². The lowest BCUT2D eigenvalue weighted by Gasteiger charge is -2.25. The Balaban J connectivity index is 1.93. The van der Waals surface area contributed by atoms with Crippen LogP contribution >= 0.6 is 0 Å². The number of ether oxygens (including phenoxy) is 1. The molecule has 3 aromatic carbocycles. The van der Waals surface area contributed by atoms with Crippen LogP contribution in [0.3, 0.4) is 0 Å². The Morgan fingerprint density at radius 1 is 0.973 bits per heavy atom. The monoisotopic (exact) mass is 513 g/mol. The molecule has 0 fully saturated rings. The smallest absolute Gasteiger partial charge is 0.416 e. The third-order valence-electron chi connectivity index (χ3n) is 5.83. The number of carboxylic acids is 1. The van der Waals surface area contributed by atoms with Crippen molar-refractivity contribution in [1.82, 2.24) is 5.32 Å². The molecule has 3 rings (SSSR count). The van der Waals surface area contributed by atoms with Gasteiger partial charge in [-0.3, -0.25) is 9.59 Å². The average Bonchev–Trinajstić information content (AvgIpc) is 2.85. The number of hydrogen-bond acceptors (Lipinski definition) is 3. The van der Waals surface area contributed by atoms with E-state index in [0.29, 0.717) is 23.3 Å². The van der Waals surface area contributed by atoms with Crippen molar-refractivity contribution in [3.05, 3.63) is 101 Å². The second-order valence-electron chi connectivity index (χ2n) is 9.23. The Hall–Kier alpha value is -3.81. The molecule has 0 radical (unpaired) electrons. The Morgan fingerprint density at radius 3 is 2.30 bits per heavy atom. The molecule has 3 aromatic rings. The molecule has 0 aromatic heterocycles. The minimum atomic E-state index is -4.57. The van der Waals surface area contributed by atoms with Gasteiger partial charge in [0.15, 0.2) is 0 Å². The molecule has 37 heavy (non-hydrogen) atoms. The van der Waals surface area contributed by atoms with Crippen LogP contribution in [-0.2, 0) is 24.0 Å². The van der Waals surface area contributed by atoms with Gasteiger partial charge in [-0.25, -0.2) is 0 Å². The zero-order valence-corrected chi connectivity index (χ0v) is 20.7. The molecule has 0 spiro atoms. The summed E-state index contributed by atoms with van der Waals surface area (Å²) < 4.78 is 47.0. The lowest BCUT2D eigenvalue weighted by Crippen LogP contribution is -2.32. The van der Waals surface area contributed by atoms with Crippen molar-refractivity contribution in [2.45, 2.75) is 51.9 Å². The SMILES string of the molecule is CC(C)CC(NC(=O)c1cc(COc2ccccc2)ccc1CCC(=O)O)c1ccccc1C(F)(F)F. The van der Waals surface area contributed by atoms with Crippen LogP contribution in [0.25, 0.3) is 0 Å². The van der Waals surface area contributed by atoms with E-state index in [1.165, 1.54) is 18.2 Å². The van der Waals surface area contributed by atoms with Crippen molar-refractivity contribution < 1.29 is 32.6 Å². The summed E-state index contributed by atoms with van der Waals surface area (Å²) in [5, 5.41) is 11.9. The largest absolute Gasteiger partial charge is 0.489 e. The molecule has 0 heterocycles. The first-order valence-electron chi connectivity index (χ1n) is 12.0. The fourth-order valence-electron chi connectivity index (χ4n) is 4.10. The Bertz CT molecular complexity index is 1210. The highest BCUT2D eigenvalue weighted by molar-refractivity contribution is 5.96. The molecular weight excluding hydrogens is 483 g/mol. The van der Waals surface area contributed by atoms with Crippen molar-refractivity contribution in [3.8, 4) is 5.75 Å². The first-order chi connectivity index (χ1) is 17.5. The van der Waals surface area contributed by atoms with E-state index in [-0.39, 0.29) is 36.5 Å². The Morgan fingerprint density at radius 2 is 1.65 bits per heavy atom. The van der Waals surface area contributed by atoms with Gasteiger partial charge in [0.1, 0.15) is 12.4 Å². The number of aliphatic carboxylic acids is 1. The summed E-state index contributed by atoms with van der Waals surface area (Å²) in [6.45, 7) is 3.90. The van der Waals surface area contributed by atoms with Crippen LogP contribution in [0.4, 0.5) is 13.2 Å². The van der Waals surface area contributed by atoms with Crippen LogP contribution in [0.15, 0.2) is 72.8 Å². The number of nitrogens with one attached hydrogen (secondary N) is 1. The minimum absolute atomic E-state index is 0.00340. The molecule has 0 saturated carbocycles. The molecule has 5 nitrogen and oxygen atoms in total. The lowest BCUT2D eigenvalue weighted by atomic mass is 9.92. The van der Waals surface area contributed by atoms with Crippen LogP contribution in [0.5, 0.6) is 5.75 Å². The maximum Gasteiger partial charge on any atom is 0.416 e. The number of carbonyl (C=O) groups is 2. The van der Waals surface area contributed by atoms with Crippen LogP contribution < -0.4 is 10.1 Å². The molecule has 8 heteroatoms. The second kappa shape index (κ2) is 12.4. The van der Waals surface area contributed by atoms with Gasteiger partial charge in [0.25, 0.3) is 5.91 Å². The van der Waals surface area contributed by atoms with Gasteiger partial charge >= 0.3 is 12.1 Å². The maximum absolute atomic E-state index is 13.7. The van der Waals surface area contributed by atoms with E-state index in [1.807, 2.05) is 32.0 Å². The van der Waals surface area contributed by atoms with E-state index in [9.17, 15) is 22.8 Å². The zero-order valence-electron chi connectivity index (χ0n) is 20.7. The summed E-state index contributed by atoms with van der Waals surface area (Å²) in [4.78, 5) is 24.7. The standard InChI is InChI=1S/C29H30F3NO4/c1-19(2)16-26(23-10-6-7-11-25(23)29(30,31)32)33-28(36)24-17-20(12-13-21(24)14-15-27(34)35)18-37-22-8-4-3-5-9-22/h3-13,17,19,26H,14-16,18H2,1-2H3,(H,33,36)(H,34,35). The van der Waals surface area contributed by atoms with Crippen LogP contribution in [-0.4, -0.2) is 17.0 Å². The molecule has 0 aliphatic rings. The van der Waals surface area contributed by atoms with E-state index in [2.05, 4.69) is 5.32 Å². The fraction of sp³-hybridized carbons (Fsp3) is 0.310. The Labute approximate surface area is 214 Å². The summed E-state index contributed by atoms with van der Waals surface area (Å²) in [5.41, 5.74) is 0.582. The number of carbonyl (C=O) groups excluding carboxylic acids is 1. The molecule has 196 valence electrons. The van der Waals surface area contributed by atoms with E-state index < -0.39 is 29.7 Å². The van der Waals surface area contributed by atoms with Gasteiger partial charge in [0.05, 0.1) is 11.6 Å². The molecule has 1 atom stereocenters. The third-order valence-corrected chi connectivity index (χ3v) is 5.83. The third kappa shape index (κ3) is 8.10. The summed E-state index contributed by atoms with van der Waals surface area (Å²) in [5.74, 6) is -0.933. The highest BCUT2D eigenvalue weighted by atomic mass is 19.4. The zero-order chi connectivity index (χ0) is 27.0. The molecular formula is C29H30F3NO4. The van der Waals surface area contributed by atoms with Crippen molar-refractivity contribution in [2.75, 3.05) is 0 Å². The van der Waals surface area contributed by atoms with Gasteiger partial charge < -0.3 is 15.2 Å². The van der Waals surface area contributed by atoms with E-state index >= 15 is 0 Å². The maximum atomic E-state index is 13.7. The number of hydrogen-bond donors (Lipinski definition) is 2. The number of rotatable bonds is 11. The quantitative estimate of drug-likeness (QED) is 0.295. The first kappa shape index (κ1) is 27.8. The van der Waals surface area contributed by atoms with Crippen LogP contribution in [0.1, 0.15) is 65.3 Å². The van der Waals surface area contributed by atoms with Gasteiger partial charge in [-0.15, -0.1) is 0 Å². The molecule has 2 N–H and O–H groups in total. The average molecular weight is 514 g/mol. The molecule has 0 saturated heterocycles. The van der Waals surface area contributed by atoms with Gasteiger partial charge in [0, 0.05) is 12.0 Å². The topological polar surface area (TPSA) is 75.6 Å². The first-order valence-corrected chi connectivity index (χ1v) is 12.0. The molecule has 0 bridgehead atoms. The van der Waals surface area contributed by atoms with Crippen molar-refractivity contribution in [3.63, 3.8) is 0 Å². The van der Waals surface area contributed by atoms with Gasteiger partial charge in [-0.1, -0.05) is 62.4 Å². The predicted molar refractivity (Wildman–Crippen MR) is 134 cm³/mol. The number of para-hydroxylation sites is 1. The normalized spacial score (nSPS) is 12.3. The van der Waals surface area contributed by atoms with Crippen molar-refractivity contribution >= 4 is 11.9 Å². The van der Waals surface area contributed by atoms with Crippen LogP contribution in [0.2, 0.25) is 0 Å². The molecule has 1 unspecified atom stereocenters. The number of halogens is 3. The molecule has 0 aliphatic heterocycles. The number of benzene rings is 3. The summed E-state index contributed by atoms with van der Waals surface area (Å²) in [7, 11) is 0. The summed E-state index contributed by atoms with van der Waals surface area (Å²) >= 11 is 0. The number of aryl methyl sites for hydroxylation is 1. The fourth-order valence-corrected chi connectivity index (χ4v) is 4.10. The highest BCUT2D eigenvalue weighted by Gasteiger charge is 2.35. The minimum Gasteiger partial charge on any atom is -0.489 e. The Kier molecular flexibility index (Phi) is 9.33.